The molecule has 1 fully saturated rings. The van der Waals surface area contributed by atoms with Crippen molar-refractivity contribution in [2.24, 2.45) is 11.3 Å². The first-order valence-corrected chi connectivity index (χ1v) is 6.68. The second-order valence-corrected chi connectivity index (χ2v) is 6.02. The quantitative estimate of drug-likeness (QED) is 0.698. The largest absolute Gasteiger partial charge is 0.314 e. The molecule has 0 saturated heterocycles. The molecule has 1 aliphatic carbocycles. The highest BCUT2D eigenvalue weighted by Crippen LogP contribution is 2.25. The predicted molar refractivity (Wildman–Crippen MR) is 68.1 cm³/mol. The number of unbranched alkanes of at least 4 members (excludes halogenated alkanes) is 1. The van der Waals surface area contributed by atoms with Crippen molar-refractivity contribution >= 4 is 0 Å². The van der Waals surface area contributed by atoms with E-state index < -0.39 is 0 Å². The molecule has 1 N–H and O–H groups in total. The van der Waals surface area contributed by atoms with Crippen LogP contribution in [0.5, 0.6) is 0 Å². The summed E-state index contributed by atoms with van der Waals surface area (Å²) in [6.07, 6.45) is 7.48. The second kappa shape index (κ2) is 6.25. The van der Waals surface area contributed by atoms with Gasteiger partial charge in [0.25, 0.3) is 0 Å². The van der Waals surface area contributed by atoms with E-state index in [1.54, 1.807) is 0 Å². The maximum Gasteiger partial charge on any atom is 0.0683 e. The summed E-state index contributed by atoms with van der Waals surface area (Å²) >= 11 is 0. The van der Waals surface area contributed by atoms with E-state index in [2.05, 4.69) is 18.3 Å². The minimum absolute atomic E-state index is 0.137. The Kier molecular flexibility index (Phi) is 5.28. The molecular formula is C14H26N2. The lowest BCUT2D eigenvalue weighted by Crippen LogP contribution is -2.27. The highest BCUT2D eigenvalue weighted by Gasteiger charge is 2.20. The lowest BCUT2D eigenvalue weighted by atomic mass is 9.89. The van der Waals surface area contributed by atoms with E-state index in [1.165, 1.54) is 25.7 Å². The molecule has 0 aromatic heterocycles. The van der Waals surface area contributed by atoms with Crippen LogP contribution in [-0.2, 0) is 0 Å². The van der Waals surface area contributed by atoms with Crippen molar-refractivity contribution in [3.05, 3.63) is 0 Å². The minimum atomic E-state index is -0.137. The van der Waals surface area contributed by atoms with E-state index in [1.807, 2.05) is 13.8 Å². The fraction of sp³-hybridized carbons (Fsp3) is 0.929. The molecule has 0 spiro atoms. The van der Waals surface area contributed by atoms with Crippen molar-refractivity contribution in [1.29, 1.82) is 5.26 Å². The average Bonchev–Trinajstić information content (AvgIpc) is 2.64. The summed E-state index contributed by atoms with van der Waals surface area (Å²) in [7, 11) is 0. The molecule has 1 saturated carbocycles. The number of hydrogen-bond donors (Lipinski definition) is 1. The smallest absolute Gasteiger partial charge is 0.0683 e. The summed E-state index contributed by atoms with van der Waals surface area (Å²) in [6.45, 7) is 7.52. The molecule has 16 heavy (non-hydrogen) atoms. The third-order valence-corrected chi connectivity index (χ3v) is 3.66. The van der Waals surface area contributed by atoms with Crippen LogP contribution in [0.25, 0.3) is 0 Å². The normalized spacial score (nSPS) is 25.6. The number of nitrogens with one attached hydrogen (secondary N) is 1. The Morgan fingerprint density at radius 2 is 2.06 bits per heavy atom. The van der Waals surface area contributed by atoms with E-state index in [0.717, 1.165) is 31.3 Å². The van der Waals surface area contributed by atoms with Gasteiger partial charge in [0.15, 0.2) is 0 Å². The van der Waals surface area contributed by atoms with Crippen LogP contribution in [0.4, 0.5) is 0 Å². The zero-order chi connectivity index (χ0) is 12.0. The number of rotatable bonds is 6. The molecule has 0 bridgehead atoms. The van der Waals surface area contributed by atoms with E-state index >= 15 is 0 Å². The predicted octanol–water partition coefficient (Wildman–Crippen LogP) is 3.48. The Bertz CT molecular complexity index is 240. The molecule has 1 rings (SSSR count). The Hall–Kier alpha value is -0.550. The van der Waals surface area contributed by atoms with Crippen molar-refractivity contribution in [2.45, 2.75) is 65.3 Å². The van der Waals surface area contributed by atoms with E-state index in [0.29, 0.717) is 0 Å². The summed E-state index contributed by atoms with van der Waals surface area (Å²) in [5.41, 5.74) is -0.137. The van der Waals surface area contributed by atoms with E-state index in [9.17, 15) is 0 Å². The molecule has 1 aliphatic rings. The van der Waals surface area contributed by atoms with Gasteiger partial charge in [-0.05, 0) is 58.4 Å². The van der Waals surface area contributed by atoms with Crippen molar-refractivity contribution in [3.8, 4) is 6.07 Å². The molecule has 2 unspecified atom stereocenters. The van der Waals surface area contributed by atoms with E-state index in [4.69, 9.17) is 5.26 Å². The third kappa shape index (κ3) is 4.99. The van der Waals surface area contributed by atoms with Crippen LogP contribution < -0.4 is 5.32 Å². The summed E-state index contributed by atoms with van der Waals surface area (Å²) in [6, 6.07) is 3.12. The van der Waals surface area contributed by atoms with Gasteiger partial charge in [0.05, 0.1) is 11.5 Å². The second-order valence-electron chi connectivity index (χ2n) is 6.02. The summed E-state index contributed by atoms with van der Waals surface area (Å²) in [5, 5.41) is 12.5. The number of hydrogen-bond acceptors (Lipinski definition) is 2. The molecular weight excluding hydrogens is 196 g/mol. The summed E-state index contributed by atoms with van der Waals surface area (Å²) in [4.78, 5) is 0. The number of nitriles is 1. The molecule has 0 aromatic rings. The Morgan fingerprint density at radius 3 is 2.62 bits per heavy atom. The molecule has 0 amide bonds. The number of nitrogens with zero attached hydrogens (tertiary/aromatic N) is 1. The van der Waals surface area contributed by atoms with Crippen LogP contribution in [-0.4, -0.2) is 12.6 Å². The van der Waals surface area contributed by atoms with Crippen LogP contribution in [0.15, 0.2) is 0 Å². The van der Waals surface area contributed by atoms with Gasteiger partial charge in [0, 0.05) is 6.04 Å². The van der Waals surface area contributed by atoms with Gasteiger partial charge >= 0.3 is 0 Å². The zero-order valence-electron chi connectivity index (χ0n) is 11.1. The Morgan fingerprint density at radius 1 is 1.31 bits per heavy atom. The van der Waals surface area contributed by atoms with Crippen LogP contribution >= 0.6 is 0 Å². The minimum Gasteiger partial charge on any atom is -0.314 e. The van der Waals surface area contributed by atoms with Gasteiger partial charge < -0.3 is 5.32 Å². The monoisotopic (exact) mass is 222 g/mol. The molecule has 0 aliphatic heterocycles. The van der Waals surface area contributed by atoms with Gasteiger partial charge in [-0.25, -0.2) is 0 Å². The molecule has 92 valence electrons. The van der Waals surface area contributed by atoms with Gasteiger partial charge in [-0.2, -0.15) is 5.26 Å². The van der Waals surface area contributed by atoms with E-state index in [-0.39, 0.29) is 5.41 Å². The average molecular weight is 222 g/mol. The first-order chi connectivity index (χ1) is 7.53. The van der Waals surface area contributed by atoms with Crippen LogP contribution in [0.2, 0.25) is 0 Å². The molecule has 2 nitrogen and oxygen atoms in total. The first-order valence-electron chi connectivity index (χ1n) is 6.68. The fourth-order valence-electron chi connectivity index (χ4n) is 2.45. The van der Waals surface area contributed by atoms with Gasteiger partial charge in [-0.3, -0.25) is 0 Å². The Balaban J connectivity index is 1.99. The van der Waals surface area contributed by atoms with Crippen molar-refractivity contribution in [1.82, 2.24) is 5.32 Å². The van der Waals surface area contributed by atoms with Crippen molar-refractivity contribution in [3.63, 3.8) is 0 Å². The first kappa shape index (κ1) is 13.5. The highest BCUT2D eigenvalue weighted by molar-refractivity contribution is 4.91. The van der Waals surface area contributed by atoms with Crippen LogP contribution in [0.1, 0.15) is 59.3 Å². The lowest BCUT2D eigenvalue weighted by Gasteiger charge is -2.16. The molecule has 0 heterocycles. The van der Waals surface area contributed by atoms with Crippen molar-refractivity contribution < 1.29 is 0 Å². The van der Waals surface area contributed by atoms with Gasteiger partial charge in [-0.1, -0.05) is 13.3 Å². The lowest BCUT2D eigenvalue weighted by molar-refractivity contribution is 0.413. The topological polar surface area (TPSA) is 35.8 Å². The molecule has 2 heteroatoms. The van der Waals surface area contributed by atoms with Gasteiger partial charge in [0.1, 0.15) is 0 Å². The highest BCUT2D eigenvalue weighted by atomic mass is 14.9. The summed E-state index contributed by atoms with van der Waals surface area (Å²) < 4.78 is 0. The molecule has 0 radical (unpaired) electrons. The van der Waals surface area contributed by atoms with Gasteiger partial charge in [-0.15, -0.1) is 0 Å². The van der Waals surface area contributed by atoms with Gasteiger partial charge in [0.2, 0.25) is 0 Å². The summed E-state index contributed by atoms with van der Waals surface area (Å²) in [5.74, 6) is 0.912. The third-order valence-electron chi connectivity index (χ3n) is 3.66. The standard InChI is InChI=1S/C14H26N2/c1-12-6-7-13(10-12)16-9-5-4-8-14(2,3)11-15/h12-13,16H,4-10H2,1-3H3. The Labute approximate surface area is 100 Å². The maximum absolute atomic E-state index is 8.89. The molecule has 2 atom stereocenters. The molecule has 0 aromatic carbocycles. The van der Waals surface area contributed by atoms with Crippen LogP contribution in [0, 0.1) is 22.7 Å². The maximum atomic E-state index is 8.89. The SMILES string of the molecule is CC1CCC(NCCCCC(C)(C)C#N)C1. The zero-order valence-corrected chi connectivity index (χ0v) is 11.1. The van der Waals surface area contributed by atoms with Crippen molar-refractivity contribution in [2.75, 3.05) is 6.54 Å². The van der Waals surface area contributed by atoms with Crippen LogP contribution in [0.3, 0.4) is 0 Å². The fourth-order valence-corrected chi connectivity index (χ4v) is 2.45.